The summed E-state index contributed by atoms with van der Waals surface area (Å²) in [6, 6.07) is 13.3. The second-order valence-corrected chi connectivity index (χ2v) is 7.83. The topological polar surface area (TPSA) is 60.2 Å². The first-order valence-corrected chi connectivity index (χ1v) is 9.79. The van der Waals surface area contributed by atoms with E-state index in [1.54, 1.807) is 35.6 Å². The fourth-order valence-electron chi connectivity index (χ4n) is 3.35. The number of carbonyl (C=O) groups is 1. The van der Waals surface area contributed by atoms with Gasteiger partial charge < -0.3 is 9.80 Å². The quantitative estimate of drug-likeness (QED) is 0.683. The number of aromatic nitrogens is 1. The fraction of sp³-hybridized carbons (Fsp3) is 0.286. The number of benzene rings is 2. The van der Waals surface area contributed by atoms with Gasteiger partial charge in [-0.05, 0) is 49.2 Å². The first-order chi connectivity index (χ1) is 13.1. The number of carbonyl (C=O) groups excluding carboxylic acids is 1. The molecular formula is C21H20N4OS. The molecule has 2 aromatic carbocycles. The molecule has 0 N–H and O–H groups in total. The number of anilines is 1. The molecule has 4 rings (SSSR count). The predicted octanol–water partition coefficient (Wildman–Crippen LogP) is 3.75. The molecule has 1 aromatic heterocycles. The molecule has 27 heavy (non-hydrogen) atoms. The van der Waals surface area contributed by atoms with E-state index in [0.717, 1.165) is 23.7 Å². The minimum absolute atomic E-state index is 0.0116. The van der Waals surface area contributed by atoms with Crippen LogP contribution in [-0.2, 0) is 0 Å². The van der Waals surface area contributed by atoms with Crippen LogP contribution >= 0.6 is 11.3 Å². The summed E-state index contributed by atoms with van der Waals surface area (Å²) < 4.78 is 1.21. The highest BCUT2D eigenvalue weighted by Crippen LogP contribution is 2.32. The van der Waals surface area contributed by atoms with Gasteiger partial charge in [0.15, 0.2) is 5.13 Å². The van der Waals surface area contributed by atoms with Gasteiger partial charge in [-0.2, -0.15) is 5.26 Å². The Bertz CT molecular complexity index is 1060. The Morgan fingerprint density at radius 2 is 1.93 bits per heavy atom. The summed E-state index contributed by atoms with van der Waals surface area (Å²) >= 11 is 1.71. The third-order valence-corrected chi connectivity index (χ3v) is 6.23. The van der Waals surface area contributed by atoms with Crippen LogP contribution in [0, 0.1) is 25.2 Å². The third kappa shape index (κ3) is 3.26. The number of piperazine rings is 1. The highest BCUT2D eigenvalue weighted by atomic mass is 32.1. The van der Waals surface area contributed by atoms with Gasteiger partial charge in [0, 0.05) is 31.7 Å². The van der Waals surface area contributed by atoms with Crippen LogP contribution in [0.25, 0.3) is 10.2 Å². The second kappa shape index (κ2) is 7.01. The molecule has 3 aromatic rings. The molecule has 1 aliphatic rings. The highest BCUT2D eigenvalue weighted by Gasteiger charge is 2.24. The van der Waals surface area contributed by atoms with E-state index in [1.807, 2.05) is 4.90 Å². The summed E-state index contributed by atoms with van der Waals surface area (Å²) in [5, 5.41) is 10.0. The summed E-state index contributed by atoms with van der Waals surface area (Å²) in [5.74, 6) is -0.0116. The van der Waals surface area contributed by atoms with Gasteiger partial charge in [-0.3, -0.25) is 4.79 Å². The Kier molecular flexibility index (Phi) is 4.54. The van der Waals surface area contributed by atoms with Gasteiger partial charge in [-0.25, -0.2) is 4.98 Å². The van der Waals surface area contributed by atoms with Crippen LogP contribution in [0.4, 0.5) is 5.13 Å². The number of aryl methyl sites for hydroxylation is 2. The molecule has 1 saturated heterocycles. The van der Waals surface area contributed by atoms with Gasteiger partial charge >= 0.3 is 0 Å². The van der Waals surface area contributed by atoms with E-state index in [-0.39, 0.29) is 5.91 Å². The molecule has 6 heteroatoms. The zero-order chi connectivity index (χ0) is 19.0. The molecule has 0 saturated carbocycles. The monoisotopic (exact) mass is 376 g/mol. The number of nitrogens with zero attached hydrogens (tertiary/aromatic N) is 4. The van der Waals surface area contributed by atoms with Crippen molar-refractivity contribution < 1.29 is 4.79 Å². The third-order valence-electron chi connectivity index (χ3n) is 5.15. The lowest BCUT2D eigenvalue weighted by Crippen LogP contribution is -2.48. The number of amides is 1. The molecule has 136 valence electrons. The van der Waals surface area contributed by atoms with Gasteiger partial charge in [0.1, 0.15) is 0 Å². The van der Waals surface area contributed by atoms with Crippen molar-refractivity contribution in [2.24, 2.45) is 0 Å². The number of hydrogen-bond donors (Lipinski definition) is 0. The fourth-order valence-corrected chi connectivity index (χ4v) is 4.43. The number of nitriles is 1. The average Bonchev–Trinajstić information content (AvgIpc) is 3.15. The standard InChI is InChI=1S/C21H20N4OS/c1-14-6-7-18-19(15(14)2)23-21(27-18)25-10-8-24(9-11-25)20(26)17-5-3-4-16(12-17)13-22/h3-7,12H,8-11H2,1-2H3. The van der Waals surface area contributed by atoms with Crippen LogP contribution in [0.2, 0.25) is 0 Å². The second-order valence-electron chi connectivity index (χ2n) is 6.82. The lowest BCUT2D eigenvalue weighted by atomic mass is 10.1. The summed E-state index contributed by atoms with van der Waals surface area (Å²) in [7, 11) is 0. The van der Waals surface area contributed by atoms with Crippen molar-refractivity contribution in [3.63, 3.8) is 0 Å². The summed E-state index contributed by atoms with van der Waals surface area (Å²) in [4.78, 5) is 21.7. The first kappa shape index (κ1) is 17.5. The van der Waals surface area contributed by atoms with Gasteiger partial charge in [-0.15, -0.1) is 0 Å². The van der Waals surface area contributed by atoms with Crippen molar-refractivity contribution in [3.8, 4) is 6.07 Å². The van der Waals surface area contributed by atoms with Crippen LogP contribution in [0.1, 0.15) is 27.0 Å². The zero-order valence-corrected chi connectivity index (χ0v) is 16.2. The Balaban J connectivity index is 1.48. The van der Waals surface area contributed by atoms with E-state index >= 15 is 0 Å². The van der Waals surface area contributed by atoms with Gasteiger partial charge in [0.2, 0.25) is 0 Å². The molecular weight excluding hydrogens is 356 g/mol. The summed E-state index contributed by atoms with van der Waals surface area (Å²) in [6.45, 7) is 7.07. The van der Waals surface area contributed by atoms with Gasteiger partial charge in [-0.1, -0.05) is 23.5 Å². The zero-order valence-electron chi connectivity index (χ0n) is 15.4. The molecule has 0 radical (unpaired) electrons. The van der Waals surface area contributed by atoms with Gasteiger partial charge in [0.25, 0.3) is 5.91 Å². The molecule has 0 unspecified atom stereocenters. The average molecular weight is 376 g/mol. The molecule has 0 bridgehead atoms. The number of thiazole rings is 1. The van der Waals surface area contributed by atoms with E-state index in [9.17, 15) is 4.79 Å². The van der Waals surface area contributed by atoms with Gasteiger partial charge in [0.05, 0.1) is 21.8 Å². The van der Waals surface area contributed by atoms with Crippen molar-refractivity contribution in [1.82, 2.24) is 9.88 Å². The van der Waals surface area contributed by atoms with Crippen molar-refractivity contribution >= 4 is 32.6 Å². The number of fused-ring (bicyclic) bond motifs is 1. The van der Waals surface area contributed by atoms with Crippen LogP contribution < -0.4 is 4.90 Å². The molecule has 5 nitrogen and oxygen atoms in total. The van der Waals surface area contributed by atoms with Crippen molar-refractivity contribution in [1.29, 1.82) is 5.26 Å². The molecule has 0 aliphatic carbocycles. The molecule has 1 amide bonds. The van der Waals surface area contributed by atoms with Crippen LogP contribution in [0.3, 0.4) is 0 Å². The molecule has 0 atom stereocenters. The van der Waals surface area contributed by atoms with Crippen molar-refractivity contribution in [2.45, 2.75) is 13.8 Å². The molecule has 2 heterocycles. The lowest BCUT2D eigenvalue weighted by molar-refractivity contribution is 0.0746. The molecule has 1 fully saturated rings. The SMILES string of the molecule is Cc1ccc2sc(N3CCN(C(=O)c4cccc(C#N)c4)CC3)nc2c1C. The van der Waals surface area contributed by atoms with Crippen LogP contribution in [-0.4, -0.2) is 42.0 Å². The minimum Gasteiger partial charge on any atom is -0.345 e. The maximum Gasteiger partial charge on any atom is 0.254 e. The van der Waals surface area contributed by atoms with Crippen LogP contribution in [0.15, 0.2) is 36.4 Å². The Morgan fingerprint density at radius 3 is 2.67 bits per heavy atom. The minimum atomic E-state index is -0.0116. The van der Waals surface area contributed by atoms with Crippen molar-refractivity contribution in [3.05, 3.63) is 58.7 Å². The summed E-state index contributed by atoms with van der Waals surface area (Å²) in [6.07, 6.45) is 0. The Morgan fingerprint density at radius 1 is 1.15 bits per heavy atom. The molecule has 0 spiro atoms. The predicted molar refractivity (Wildman–Crippen MR) is 108 cm³/mol. The van der Waals surface area contributed by atoms with E-state index in [4.69, 9.17) is 10.2 Å². The van der Waals surface area contributed by atoms with E-state index in [2.05, 4.69) is 36.9 Å². The van der Waals surface area contributed by atoms with Crippen molar-refractivity contribution in [2.75, 3.05) is 31.1 Å². The normalized spacial score (nSPS) is 14.4. The first-order valence-electron chi connectivity index (χ1n) is 8.98. The maximum absolute atomic E-state index is 12.7. The largest absolute Gasteiger partial charge is 0.345 e. The number of rotatable bonds is 2. The maximum atomic E-state index is 12.7. The van der Waals surface area contributed by atoms with E-state index in [1.165, 1.54) is 15.8 Å². The Hall–Kier alpha value is -2.91. The lowest BCUT2D eigenvalue weighted by Gasteiger charge is -2.34. The number of hydrogen-bond acceptors (Lipinski definition) is 5. The highest BCUT2D eigenvalue weighted by molar-refractivity contribution is 7.22. The Labute approximate surface area is 162 Å². The van der Waals surface area contributed by atoms with E-state index < -0.39 is 0 Å². The summed E-state index contributed by atoms with van der Waals surface area (Å²) in [5.41, 5.74) is 4.67. The molecule has 1 aliphatic heterocycles. The smallest absolute Gasteiger partial charge is 0.254 e. The van der Waals surface area contributed by atoms with Crippen LogP contribution in [0.5, 0.6) is 0 Å². The van der Waals surface area contributed by atoms with E-state index in [0.29, 0.717) is 24.2 Å².